The zero-order chi connectivity index (χ0) is 20.3. The van der Waals surface area contributed by atoms with E-state index in [4.69, 9.17) is 4.42 Å². The molecule has 5 aromatic rings. The fraction of sp³-hybridized carbons (Fsp3) is 0. The fourth-order valence-electron chi connectivity index (χ4n) is 3.03. The minimum Gasteiger partial charge on any atom is -0.463 e. The molecule has 146 valence electrons. The average Bonchev–Trinajstić information content (AvgIpc) is 3.49. The van der Waals surface area contributed by atoms with Gasteiger partial charge in [-0.15, -0.1) is 10.2 Å². The van der Waals surface area contributed by atoms with E-state index in [9.17, 15) is 4.79 Å². The highest BCUT2D eigenvalue weighted by molar-refractivity contribution is 8.01. The van der Waals surface area contributed by atoms with Crippen LogP contribution in [0.2, 0.25) is 0 Å². The molecule has 0 spiro atoms. The summed E-state index contributed by atoms with van der Waals surface area (Å²) in [7, 11) is 0. The summed E-state index contributed by atoms with van der Waals surface area (Å²) in [5.41, 5.74) is 4.31. The van der Waals surface area contributed by atoms with Crippen LogP contribution in [-0.2, 0) is 0 Å². The molecule has 0 radical (unpaired) electrons. The number of nitrogens with one attached hydrogen (secondary N) is 1. The van der Waals surface area contributed by atoms with Crippen molar-refractivity contribution in [2.75, 3.05) is 5.32 Å². The quantitative estimate of drug-likeness (QED) is 0.382. The van der Waals surface area contributed by atoms with Crippen molar-refractivity contribution in [2.24, 2.45) is 0 Å². The summed E-state index contributed by atoms with van der Waals surface area (Å²) in [6.07, 6.45) is 1.59. The van der Waals surface area contributed by atoms with Gasteiger partial charge in [-0.1, -0.05) is 41.3 Å². The molecule has 0 atom stereocenters. The Morgan fingerprint density at radius 3 is 2.67 bits per heavy atom. The number of nitrogens with zero attached hydrogens (tertiary/aromatic N) is 3. The average molecular weight is 431 g/mol. The van der Waals surface area contributed by atoms with Gasteiger partial charge in [0.05, 0.1) is 17.3 Å². The summed E-state index contributed by atoms with van der Waals surface area (Å²) in [5, 5.41) is 11.6. The molecule has 0 aliphatic carbocycles. The highest BCUT2D eigenvalue weighted by Crippen LogP contribution is 2.30. The Kier molecular flexibility index (Phi) is 5.00. The van der Waals surface area contributed by atoms with Gasteiger partial charge in [0.25, 0.3) is 5.91 Å². The molecule has 3 aromatic heterocycles. The molecular weight excluding hydrogens is 416 g/mol. The van der Waals surface area contributed by atoms with Gasteiger partial charge in [0, 0.05) is 16.0 Å². The van der Waals surface area contributed by atoms with Crippen molar-refractivity contribution in [2.45, 2.75) is 9.24 Å². The fourth-order valence-corrected chi connectivity index (χ4v) is 4.48. The Morgan fingerprint density at radius 2 is 1.90 bits per heavy atom. The van der Waals surface area contributed by atoms with Gasteiger partial charge in [-0.05, 0) is 48.5 Å². The summed E-state index contributed by atoms with van der Waals surface area (Å²) >= 11 is 3.02. The third kappa shape index (κ3) is 3.83. The summed E-state index contributed by atoms with van der Waals surface area (Å²) < 4.78 is 6.35. The zero-order valence-electron chi connectivity index (χ0n) is 15.5. The van der Waals surface area contributed by atoms with Crippen LogP contribution in [0.4, 0.5) is 5.69 Å². The smallest absolute Gasteiger partial charge is 0.256 e. The molecule has 1 N–H and O–H groups in total. The molecule has 5 rings (SSSR count). The van der Waals surface area contributed by atoms with Crippen molar-refractivity contribution in [1.82, 2.24) is 15.2 Å². The Bertz CT molecular complexity index is 1300. The number of anilines is 1. The van der Waals surface area contributed by atoms with E-state index >= 15 is 0 Å². The van der Waals surface area contributed by atoms with Gasteiger partial charge in [0.15, 0.2) is 10.1 Å². The van der Waals surface area contributed by atoms with Crippen LogP contribution >= 0.6 is 23.1 Å². The second-order valence-electron chi connectivity index (χ2n) is 6.33. The maximum absolute atomic E-state index is 13.1. The lowest BCUT2D eigenvalue weighted by molar-refractivity contribution is 0.102. The highest BCUT2D eigenvalue weighted by atomic mass is 32.2. The van der Waals surface area contributed by atoms with Crippen molar-refractivity contribution in [1.29, 1.82) is 0 Å². The first-order valence-corrected chi connectivity index (χ1v) is 10.7. The zero-order valence-corrected chi connectivity index (χ0v) is 17.1. The van der Waals surface area contributed by atoms with Crippen LogP contribution in [0.25, 0.3) is 22.4 Å². The Hall–Kier alpha value is -3.49. The molecule has 0 bridgehead atoms. The molecular formula is C22H14N4O2S2. The minimum absolute atomic E-state index is 0.203. The Labute approximate surface area is 180 Å². The molecule has 8 heteroatoms. The third-order valence-corrected chi connectivity index (χ3v) is 6.18. The van der Waals surface area contributed by atoms with E-state index in [1.54, 1.807) is 23.9 Å². The van der Waals surface area contributed by atoms with Gasteiger partial charge in [0.2, 0.25) is 0 Å². The standard InChI is InChI=1S/C22H14N4O2S2/c27-21(24-14-7-9-15(10-8-14)30-22-26-23-13-29-22)17-12-19(20-6-3-11-28-20)25-18-5-2-1-4-16(17)18/h1-13H,(H,24,27). The van der Waals surface area contributed by atoms with Crippen molar-refractivity contribution in [3.63, 3.8) is 0 Å². The molecule has 0 fully saturated rings. The van der Waals surface area contributed by atoms with Crippen LogP contribution in [0.3, 0.4) is 0 Å². The molecule has 1 amide bonds. The van der Waals surface area contributed by atoms with E-state index in [1.807, 2.05) is 54.6 Å². The summed E-state index contributed by atoms with van der Waals surface area (Å²) in [4.78, 5) is 18.8. The van der Waals surface area contributed by atoms with Gasteiger partial charge >= 0.3 is 0 Å². The van der Waals surface area contributed by atoms with Crippen LogP contribution in [-0.4, -0.2) is 21.1 Å². The number of amides is 1. The summed E-state index contributed by atoms with van der Waals surface area (Å²) in [6.45, 7) is 0. The second-order valence-corrected chi connectivity index (χ2v) is 8.49. The highest BCUT2D eigenvalue weighted by Gasteiger charge is 2.15. The van der Waals surface area contributed by atoms with E-state index in [-0.39, 0.29) is 5.91 Å². The summed E-state index contributed by atoms with van der Waals surface area (Å²) in [6, 6.07) is 20.6. The van der Waals surface area contributed by atoms with Gasteiger partial charge in [-0.2, -0.15) is 0 Å². The lowest BCUT2D eigenvalue weighted by atomic mass is 10.1. The lowest BCUT2D eigenvalue weighted by Gasteiger charge is -2.10. The van der Waals surface area contributed by atoms with E-state index < -0.39 is 0 Å². The van der Waals surface area contributed by atoms with E-state index in [0.717, 1.165) is 20.1 Å². The minimum atomic E-state index is -0.203. The van der Waals surface area contributed by atoms with Crippen molar-refractivity contribution in [3.05, 3.63) is 84.1 Å². The molecule has 3 heterocycles. The van der Waals surface area contributed by atoms with Crippen molar-refractivity contribution < 1.29 is 9.21 Å². The maximum atomic E-state index is 13.1. The molecule has 0 aliphatic rings. The van der Waals surface area contributed by atoms with Crippen LogP contribution in [0, 0.1) is 0 Å². The molecule has 0 saturated carbocycles. The van der Waals surface area contributed by atoms with Gasteiger partial charge in [-0.25, -0.2) is 4.98 Å². The molecule has 0 unspecified atom stereocenters. The second kappa shape index (κ2) is 8.10. The molecule has 0 saturated heterocycles. The number of furan rings is 1. The number of benzene rings is 2. The first-order chi connectivity index (χ1) is 14.8. The molecule has 30 heavy (non-hydrogen) atoms. The normalized spacial score (nSPS) is 10.9. The predicted octanol–water partition coefficient (Wildman–Crippen LogP) is 5.75. The van der Waals surface area contributed by atoms with Crippen molar-refractivity contribution >= 4 is 45.6 Å². The first-order valence-electron chi connectivity index (χ1n) is 9.05. The maximum Gasteiger partial charge on any atom is 0.256 e. The third-order valence-electron chi connectivity index (χ3n) is 4.39. The number of carbonyl (C=O) groups is 1. The van der Waals surface area contributed by atoms with E-state index in [2.05, 4.69) is 20.5 Å². The number of carbonyl (C=O) groups excluding carboxylic acids is 1. The van der Waals surface area contributed by atoms with Crippen molar-refractivity contribution in [3.8, 4) is 11.5 Å². The van der Waals surface area contributed by atoms with E-state index in [1.165, 1.54) is 23.1 Å². The largest absolute Gasteiger partial charge is 0.463 e. The van der Waals surface area contributed by atoms with Gasteiger partial charge in [-0.3, -0.25) is 4.79 Å². The first kappa shape index (κ1) is 18.5. The number of para-hydroxylation sites is 1. The number of hydrogen-bond donors (Lipinski definition) is 1. The molecule has 6 nitrogen and oxygen atoms in total. The topological polar surface area (TPSA) is 80.9 Å². The van der Waals surface area contributed by atoms with Crippen LogP contribution in [0.15, 0.2) is 92.2 Å². The Morgan fingerprint density at radius 1 is 1.03 bits per heavy atom. The number of rotatable bonds is 5. The number of hydrogen-bond acceptors (Lipinski definition) is 7. The van der Waals surface area contributed by atoms with Gasteiger partial charge < -0.3 is 9.73 Å². The predicted molar refractivity (Wildman–Crippen MR) is 118 cm³/mol. The monoisotopic (exact) mass is 430 g/mol. The van der Waals surface area contributed by atoms with Gasteiger partial charge in [0.1, 0.15) is 11.2 Å². The van der Waals surface area contributed by atoms with E-state index in [0.29, 0.717) is 22.7 Å². The number of fused-ring (bicyclic) bond motifs is 1. The molecule has 2 aromatic carbocycles. The van der Waals surface area contributed by atoms with Crippen LogP contribution < -0.4 is 5.32 Å². The Balaban J connectivity index is 1.43. The SMILES string of the molecule is O=C(Nc1ccc(Sc2nncs2)cc1)c1cc(-c2ccco2)nc2ccccc12. The van der Waals surface area contributed by atoms with Crippen LogP contribution in [0.5, 0.6) is 0 Å². The number of pyridine rings is 1. The number of aromatic nitrogens is 3. The van der Waals surface area contributed by atoms with Crippen LogP contribution in [0.1, 0.15) is 10.4 Å². The summed E-state index contributed by atoms with van der Waals surface area (Å²) in [5.74, 6) is 0.416. The lowest BCUT2D eigenvalue weighted by Crippen LogP contribution is -2.13. The molecule has 0 aliphatic heterocycles.